The smallest absolute Gasteiger partial charge is 0.326 e. The van der Waals surface area contributed by atoms with E-state index in [0.29, 0.717) is 6.04 Å². The molecular formula is C13H23NO2. The van der Waals surface area contributed by atoms with Crippen molar-refractivity contribution < 1.29 is 9.53 Å². The Balaban J connectivity index is 1.92. The number of hydrogen-bond donors (Lipinski definition) is 1. The number of methoxy groups -OCH3 is 1. The molecule has 92 valence electrons. The minimum Gasteiger partial charge on any atom is -0.468 e. The van der Waals surface area contributed by atoms with Gasteiger partial charge in [0, 0.05) is 6.04 Å². The van der Waals surface area contributed by atoms with Crippen LogP contribution >= 0.6 is 0 Å². The molecule has 16 heavy (non-hydrogen) atoms. The van der Waals surface area contributed by atoms with E-state index in [2.05, 4.69) is 5.32 Å². The fourth-order valence-electron chi connectivity index (χ4n) is 2.95. The summed E-state index contributed by atoms with van der Waals surface area (Å²) in [7, 11) is 1.50. The molecular weight excluding hydrogens is 202 g/mol. The zero-order chi connectivity index (χ0) is 11.4. The van der Waals surface area contributed by atoms with Gasteiger partial charge < -0.3 is 4.74 Å². The van der Waals surface area contributed by atoms with Crippen LogP contribution in [-0.2, 0) is 9.53 Å². The third kappa shape index (κ3) is 2.40. The van der Waals surface area contributed by atoms with Gasteiger partial charge in [-0.15, -0.1) is 0 Å². The van der Waals surface area contributed by atoms with E-state index in [0.717, 1.165) is 19.3 Å². The SMILES string of the molecule is COC(=O)C1(NC2CCCCCC2)CCC1. The van der Waals surface area contributed by atoms with Gasteiger partial charge in [0.05, 0.1) is 7.11 Å². The van der Waals surface area contributed by atoms with Crippen molar-refractivity contribution in [2.75, 3.05) is 7.11 Å². The Hall–Kier alpha value is -0.570. The number of hydrogen-bond acceptors (Lipinski definition) is 3. The molecule has 0 bridgehead atoms. The van der Waals surface area contributed by atoms with E-state index in [1.165, 1.54) is 45.6 Å². The molecule has 0 saturated heterocycles. The van der Waals surface area contributed by atoms with E-state index in [1.807, 2.05) is 0 Å². The number of ether oxygens (including phenoxy) is 1. The molecule has 0 amide bonds. The van der Waals surface area contributed by atoms with Crippen molar-refractivity contribution in [3.63, 3.8) is 0 Å². The molecule has 0 heterocycles. The molecule has 2 rings (SSSR count). The first-order valence-corrected chi connectivity index (χ1v) is 6.63. The summed E-state index contributed by atoms with van der Waals surface area (Å²) in [5.41, 5.74) is -0.330. The van der Waals surface area contributed by atoms with Gasteiger partial charge in [-0.1, -0.05) is 25.7 Å². The van der Waals surface area contributed by atoms with Crippen LogP contribution in [0.2, 0.25) is 0 Å². The normalized spacial score (nSPS) is 25.6. The summed E-state index contributed by atoms with van der Waals surface area (Å²) in [6, 6.07) is 0.530. The number of carbonyl (C=O) groups is 1. The van der Waals surface area contributed by atoms with Crippen molar-refractivity contribution in [3.05, 3.63) is 0 Å². The Bertz CT molecular complexity index is 240. The molecule has 0 aromatic heterocycles. The van der Waals surface area contributed by atoms with Gasteiger partial charge in [-0.3, -0.25) is 10.1 Å². The molecule has 2 saturated carbocycles. The molecule has 3 nitrogen and oxygen atoms in total. The summed E-state index contributed by atoms with van der Waals surface area (Å²) in [6.45, 7) is 0. The maximum absolute atomic E-state index is 11.8. The zero-order valence-electron chi connectivity index (χ0n) is 10.3. The van der Waals surface area contributed by atoms with Crippen molar-refractivity contribution >= 4 is 5.97 Å². The zero-order valence-corrected chi connectivity index (χ0v) is 10.3. The molecule has 0 radical (unpaired) electrons. The third-order valence-electron chi connectivity index (χ3n) is 4.12. The summed E-state index contributed by atoms with van der Waals surface area (Å²) in [6.07, 6.45) is 10.8. The van der Waals surface area contributed by atoms with Crippen LogP contribution in [0.15, 0.2) is 0 Å². The highest BCUT2D eigenvalue weighted by Gasteiger charge is 2.46. The van der Waals surface area contributed by atoms with Gasteiger partial charge in [-0.2, -0.15) is 0 Å². The summed E-state index contributed by atoms with van der Waals surface area (Å²) in [5, 5.41) is 3.58. The lowest BCUT2D eigenvalue weighted by molar-refractivity contribution is -0.153. The molecule has 0 spiro atoms. The fourth-order valence-corrected chi connectivity index (χ4v) is 2.95. The molecule has 0 atom stereocenters. The van der Waals surface area contributed by atoms with E-state index in [-0.39, 0.29) is 11.5 Å². The van der Waals surface area contributed by atoms with Gasteiger partial charge in [-0.25, -0.2) is 0 Å². The van der Waals surface area contributed by atoms with Crippen molar-refractivity contribution in [2.45, 2.75) is 69.4 Å². The van der Waals surface area contributed by atoms with Gasteiger partial charge in [0.1, 0.15) is 5.54 Å². The second kappa shape index (κ2) is 5.17. The Kier molecular flexibility index (Phi) is 3.85. The van der Waals surface area contributed by atoms with Crippen molar-refractivity contribution in [1.29, 1.82) is 0 Å². The summed E-state index contributed by atoms with van der Waals surface area (Å²) >= 11 is 0. The Morgan fingerprint density at radius 2 is 1.75 bits per heavy atom. The van der Waals surface area contributed by atoms with Crippen LogP contribution < -0.4 is 5.32 Å². The average molecular weight is 225 g/mol. The highest BCUT2D eigenvalue weighted by Crippen LogP contribution is 2.34. The lowest BCUT2D eigenvalue weighted by atomic mass is 9.76. The first-order valence-electron chi connectivity index (χ1n) is 6.63. The van der Waals surface area contributed by atoms with E-state index >= 15 is 0 Å². The highest BCUT2D eigenvalue weighted by atomic mass is 16.5. The molecule has 2 fully saturated rings. The van der Waals surface area contributed by atoms with Gasteiger partial charge in [0.15, 0.2) is 0 Å². The molecule has 0 aromatic carbocycles. The molecule has 0 unspecified atom stereocenters. The predicted molar refractivity (Wildman–Crippen MR) is 63.2 cm³/mol. The maximum Gasteiger partial charge on any atom is 0.326 e. The summed E-state index contributed by atoms with van der Waals surface area (Å²) in [5.74, 6) is -0.0528. The van der Waals surface area contributed by atoms with E-state index < -0.39 is 0 Å². The third-order valence-corrected chi connectivity index (χ3v) is 4.12. The lowest BCUT2D eigenvalue weighted by Crippen LogP contribution is -2.60. The van der Waals surface area contributed by atoms with E-state index in [1.54, 1.807) is 0 Å². The largest absolute Gasteiger partial charge is 0.468 e. The molecule has 1 N–H and O–H groups in total. The molecule has 2 aliphatic rings. The lowest BCUT2D eigenvalue weighted by Gasteiger charge is -2.42. The second-order valence-electron chi connectivity index (χ2n) is 5.26. The van der Waals surface area contributed by atoms with E-state index in [4.69, 9.17) is 4.74 Å². The summed E-state index contributed by atoms with van der Waals surface area (Å²) < 4.78 is 4.93. The summed E-state index contributed by atoms with van der Waals surface area (Å²) in [4.78, 5) is 11.8. The minimum absolute atomic E-state index is 0.0528. The van der Waals surface area contributed by atoms with Crippen LogP contribution in [-0.4, -0.2) is 24.7 Å². The molecule has 3 heteroatoms. The first-order chi connectivity index (χ1) is 7.77. The van der Waals surface area contributed by atoms with Crippen molar-refractivity contribution in [3.8, 4) is 0 Å². The number of nitrogens with one attached hydrogen (secondary N) is 1. The van der Waals surface area contributed by atoms with E-state index in [9.17, 15) is 4.79 Å². The van der Waals surface area contributed by atoms with Gasteiger partial charge in [0.25, 0.3) is 0 Å². The Morgan fingerprint density at radius 3 is 2.19 bits per heavy atom. The van der Waals surface area contributed by atoms with Crippen molar-refractivity contribution in [1.82, 2.24) is 5.32 Å². The molecule has 0 aromatic rings. The van der Waals surface area contributed by atoms with Crippen LogP contribution in [0.4, 0.5) is 0 Å². The van der Waals surface area contributed by atoms with Crippen LogP contribution in [0.1, 0.15) is 57.8 Å². The van der Waals surface area contributed by atoms with Gasteiger partial charge >= 0.3 is 5.97 Å². The Morgan fingerprint density at radius 1 is 1.12 bits per heavy atom. The highest BCUT2D eigenvalue weighted by molar-refractivity contribution is 5.81. The van der Waals surface area contributed by atoms with Crippen LogP contribution in [0, 0.1) is 0 Å². The minimum atomic E-state index is -0.330. The maximum atomic E-state index is 11.8. The predicted octanol–water partition coefficient (Wildman–Crippen LogP) is 2.39. The number of carbonyl (C=O) groups excluding carboxylic acids is 1. The van der Waals surface area contributed by atoms with Crippen LogP contribution in [0.3, 0.4) is 0 Å². The molecule has 2 aliphatic carbocycles. The first kappa shape index (κ1) is 11.9. The van der Waals surface area contributed by atoms with Gasteiger partial charge in [-0.05, 0) is 32.1 Å². The van der Waals surface area contributed by atoms with Gasteiger partial charge in [0.2, 0.25) is 0 Å². The average Bonchev–Trinajstić information content (AvgIpc) is 2.50. The van der Waals surface area contributed by atoms with Crippen LogP contribution in [0.5, 0.6) is 0 Å². The number of rotatable bonds is 3. The Labute approximate surface area is 97.9 Å². The fraction of sp³-hybridized carbons (Fsp3) is 0.923. The number of esters is 1. The quantitative estimate of drug-likeness (QED) is 0.592. The van der Waals surface area contributed by atoms with Crippen molar-refractivity contribution in [2.24, 2.45) is 0 Å². The second-order valence-corrected chi connectivity index (χ2v) is 5.26. The molecule has 0 aliphatic heterocycles. The standard InChI is InChI=1S/C13H23NO2/c1-16-12(15)13(9-6-10-13)14-11-7-4-2-3-5-8-11/h11,14H,2-10H2,1H3. The topological polar surface area (TPSA) is 38.3 Å². The van der Waals surface area contributed by atoms with Crippen LogP contribution in [0.25, 0.3) is 0 Å². The monoisotopic (exact) mass is 225 g/mol.